The van der Waals surface area contributed by atoms with Gasteiger partial charge < -0.3 is 15.4 Å². The number of hydrogen-bond acceptors (Lipinski definition) is 6. The van der Waals surface area contributed by atoms with Crippen LogP contribution in [0.1, 0.15) is 17.5 Å². The highest BCUT2D eigenvalue weighted by molar-refractivity contribution is 7.20. The number of rotatable bonds is 2. The Morgan fingerprint density at radius 1 is 1.16 bits per heavy atom. The summed E-state index contributed by atoms with van der Waals surface area (Å²) in [6, 6.07) is 10.8. The van der Waals surface area contributed by atoms with Crippen LogP contribution in [0.4, 0.5) is 11.5 Å². The van der Waals surface area contributed by atoms with Gasteiger partial charge in [0.15, 0.2) is 0 Å². The normalized spacial score (nSPS) is 19.3. The maximum atomic E-state index is 13.2. The minimum absolute atomic E-state index is 0.0259. The molecule has 0 fully saturated rings. The monoisotopic (exact) mass is 451 g/mol. The highest BCUT2D eigenvalue weighted by atomic mass is 35.5. The van der Waals surface area contributed by atoms with Crippen LogP contribution in [0.5, 0.6) is 5.75 Å². The minimum atomic E-state index is -1.18. The van der Waals surface area contributed by atoms with E-state index in [1.807, 2.05) is 18.2 Å². The Balaban J connectivity index is 1.56. The first-order chi connectivity index (χ1) is 15.0. The maximum absolute atomic E-state index is 13.2. The predicted octanol–water partition coefficient (Wildman–Crippen LogP) is 3.72. The van der Waals surface area contributed by atoms with Gasteiger partial charge in [-0.3, -0.25) is 9.59 Å². The number of ether oxygens (including phenoxy) is 1. The molecule has 2 aromatic carbocycles. The van der Waals surface area contributed by atoms with Gasteiger partial charge in [0.2, 0.25) is 16.9 Å². The number of carbonyl (C=O) groups is 2. The zero-order chi connectivity index (χ0) is 21.3. The van der Waals surface area contributed by atoms with Crippen molar-refractivity contribution in [2.45, 2.75) is 11.8 Å². The third kappa shape index (κ3) is 2.47. The molecule has 1 atom stereocenters. The summed E-state index contributed by atoms with van der Waals surface area (Å²) in [5, 5.41) is 11.3. The molecule has 10 heteroatoms. The second-order valence-corrected chi connectivity index (χ2v) is 8.87. The third-order valence-electron chi connectivity index (χ3n) is 5.76. The summed E-state index contributed by atoms with van der Waals surface area (Å²) < 4.78 is 7.78. The lowest BCUT2D eigenvalue weighted by atomic mass is 9.72. The van der Waals surface area contributed by atoms with Gasteiger partial charge in [-0.15, -0.1) is 0 Å². The van der Waals surface area contributed by atoms with E-state index in [0.29, 0.717) is 32.8 Å². The number of aromatic nitrogens is 3. The molecule has 1 unspecified atom stereocenters. The number of nitrogens with one attached hydrogen (secondary N) is 2. The van der Waals surface area contributed by atoms with Crippen molar-refractivity contribution in [1.29, 1.82) is 0 Å². The summed E-state index contributed by atoms with van der Waals surface area (Å²) in [5.41, 5.74) is 1.54. The molecule has 0 bridgehead atoms. The second kappa shape index (κ2) is 6.29. The van der Waals surface area contributed by atoms with E-state index in [2.05, 4.69) is 20.7 Å². The molecule has 0 saturated carbocycles. The molecule has 0 aliphatic carbocycles. The lowest BCUT2D eigenvalue weighted by Gasteiger charge is -2.31. The number of methoxy groups -OCH3 is 1. The predicted molar refractivity (Wildman–Crippen MR) is 117 cm³/mol. The minimum Gasteiger partial charge on any atom is -0.497 e. The molecule has 31 heavy (non-hydrogen) atoms. The number of hydrogen-bond donors (Lipinski definition) is 2. The van der Waals surface area contributed by atoms with Gasteiger partial charge in [0.1, 0.15) is 17.0 Å². The first-order valence-electron chi connectivity index (χ1n) is 9.44. The van der Waals surface area contributed by atoms with Gasteiger partial charge in [-0.2, -0.15) is 9.78 Å². The Kier molecular flexibility index (Phi) is 3.72. The standard InChI is InChI=1S/C21H14ClN5O3S/c1-30-11-3-5-15-16(7-11)31-20(25-15)27-18-13(9-23-27)21(8-17(28)26-18)12-6-10(22)2-4-14(12)24-19(21)29/h2-7,9H,8H2,1H3,(H,24,29)(H,26,28). The average molecular weight is 452 g/mol. The topological polar surface area (TPSA) is 98.1 Å². The number of fused-ring (bicyclic) bond motifs is 5. The van der Waals surface area contributed by atoms with Gasteiger partial charge in [0.25, 0.3) is 0 Å². The van der Waals surface area contributed by atoms with Gasteiger partial charge in [-0.25, -0.2) is 4.98 Å². The lowest BCUT2D eigenvalue weighted by molar-refractivity contribution is -0.125. The maximum Gasteiger partial charge on any atom is 0.240 e. The fourth-order valence-electron chi connectivity index (χ4n) is 4.32. The fraction of sp³-hybridized carbons (Fsp3) is 0.143. The third-order valence-corrected chi connectivity index (χ3v) is 6.98. The highest BCUT2D eigenvalue weighted by Crippen LogP contribution is 2.50. The molecule has 4 aromatic rings. The molecule has 6 rings (SSSR count). The number of thiazole rings is 1. The van der Waals surface area contributed by atoms with Gasteiger partial charge in [-0.1, -0.05) is 22.9 Å². The molecule has 8 nitrogen and oxygen atoms in total. The molecule has 1 spiro atoms. The van der Waals surface area contributed by atoms with E-state index in [1.54, 1.807) is 36.2 Å². The fourth-order valence-corrected chi connectivity index (χ4v) is 5.45. The van der Waals surface area contributed by atoms with Crippen LogP contribution < -0.4 is 15.4 Å². The quantitative estimate of drug-likeness (QED) is 0.484. The molecule has 4 heterocycles. The van der Waals surface area contributed by atoms with Crippen molar-refractivity contribution in [2.75, 3.05) is 17.7 Å². The summed E-state index contributed by atoms with van der Waals surface area (Å²) in [5.74, 6) is 0.619. The van der Waals surface area contributed by atoms with Crippen LogP contribution in [0.25, 0.3) is 15.3 Å². The molecule has 2 aliphatic rings. The first kappa shape index (κ1) is 18.3. The molecule has 2 N–H and O–H groups in total. The van der Waals surface area contributed by atoms with Crippen LogP contribution in [0.15, 0.2) is 42.6 Å². The van der Waals surface area contributed by atoms with Crippen LogP contribution in [-0.2, 0) is 15.0 Å². The van der Waals surface area contributed by atoms with E-state index < -0.39 is 5.41 Å². The number of amides is 2. The molecule has 2 aliphatic heterocycles. The zero-order valence-corrected chi connectivity index (χ0v) is 17.7. The second-order valence-electron chi connectivity index (χ2n) is 7.42. The Bertz CT molecular complexity index is 1430. The molecule has 2 amide bonds. The van der Waals surface area contributed by atoms with Crippen molar-refractivity contribution in [3.63, 3.8) is 0 Å². The molecule has 154 valence electrons. The van der Waals surface area contributed by atoms with E-state index in [9.17, 15) is 9.59 Å². The average Bonchev–Trinajstić information content (AvgIpc) is 3.43. The van der Waals surface area contributed by atoms with Gasteiger partial charge in [-0.05, 0) is 42.0 Å². The number of nitrogens with zero attached hydrogens (tertiary/aromatic N) is 3. The number of carbonyl (C=O) groups excluding carboxylic acids is 2. The SMILES string of the molecule is COc1ccc2nc(-n3ncc4c3NC(=O)CC43C(=O)Nc4ccc(Cl)cc43)sc2c1. The molecule has 0 saturated heterocycles. The summed E-state index contributed by atoms with van der Waals surface area (Å²) >= 11 is 7.64. The van der Waals surface area contributed by atoms with Crippen LogP contribution in [0.2, 0.25) is 5.02 Å². The molecule has 0 radical (unpaired) electrons. The lowest BCUT2D eigenvalue weighted by Crippen LogP contribution is -2.43. The van der Waals surface area contributed by atoms with Crippen molar-refractivity contribution in [3.8, 4) is 10.9 Å². The number of anilines is 2. The Hall–Kier alpha value is -3.43. The molecular weight excluding hydrogens is 438 g/mol. The highest BCUT2D eigenvalue weighted by Gasteiger charge is 2.54. The number of halogens is 1. The van der Waals surface area contributed by atoms with E-state index in [-0.39, 0.29) is 18.2 Å². The van der Waals surface area contributed by atoms with Crippen molar-refractivity contribution >= 4 is 56.5 Å². The van der Waals surface area contributed by atoms with Gasteiger partial charge in [0, 0.05) is 22.7 Å². The Morgan fingerprint density at radius 2 is 2.03 bits per heavy atom. The van der Waals surface area contributed by atoms with E-state index in [1.165, 1.54) is 11.3 Å². The van der Waals surface area contributed by atoms with Crippen LogP contribution in [0, 0.1) is 0 Å². The summed E-state index contributed by atoms with van der Waals surface area (Å²) in [6.45, 7) is 0. The van der Waals surface area contributed by atoms with Crippen molar-refractivity contribution in [1.82, 2.24) is 14.8 Å². The van der Waals surface area contributed by atoms with Gasteiger partial charge in [0.05, 0.1) is 23.5 Å². The Morgan fingerprint density at radius 3 is 2.87 bits per heavy atom. The number of benzene rings is 2. The van der Waals surface area contributed by atoms with Crippen molar-refractivity contribution < 1.29 is 14.3 Å². The largest absolute Gasteiger partial charge is 0.497 e. The van der Waals surface area contributed by atoms with Crippen molar-refractivity contribution in [3.05, 3.63) is 58.7 Å². The van der Waals surface area contributed by atoms with Crippen LogP contribution in [0.3, 0.4) is 0 Å². The van der Waals surface area contributed by atoms with Crippen LogP contribution in [-0.4, -0.2) is 33.7 Å². The first-order valence-corrected chi connectivity index (χ1v) is 10.6. The molecule has 2 aromatic heterocycles. The van der Waals surface area contributed by atoms with E-state index in [4.69, 9.17) is 16.3 Å². The summed E-state index contributed by atoms with van der Waals surface area (Å²) in [4.78, 5) is 30.6. The van der Waals surface area contributed by atoms with Crippen LogP contribution >= 0.6 is 22.9 Å². The summed E-state index contributed by atoms with van der Waals surface area (Å²) in [6.07, 6.45) is 1.60. The van der Waals surface area contributed by atoms with E-state index >= 15 is 0 Å². The van der Waals surface area contributed by atoms with E-state index in [0.717, 1.165) is 16.0 Å². The molecular formula is C21H14ClN5O3S. The smallest absolute Gasteiger partial charge is 0.240 e. The summed E-state index contributed by atoms with van der Waals surface area (Å²) in [7, 11) is 1.61. The van der Waals surface area contributed by atoms with Gasteiger partial charge >= 0.3 is 0 Å². The van der Waals surface area contributed by atoms with Crippen molar-refractivity contribution in [2.24, 2.45) is 0 Å². The zero-order valence-electron chi connectivity index (χ0n) is 16.1. The Labute approximate surface area is 184 Å².